The number of carbonyl (C=O) groups is 1. The van der Waals surface area contributed by atoms with Gasteiger partial charge in [0.25, 0.3) is 5.91 Å². The Morgan fingerprint density at radius 1 is 1.27 bits per heavy atom. The van der Waals surface area contributed by atoms with E-state index >= 15 is 0 Å². The van der Waals surface area contributed by atoms with Gasteiger partial charge in [-0.3, -0.25) is 10.1 Å². The molecule has 0 saturated carbocycles. The molecule has 2 aromatic rings. The molecular formula is C16H18N2O2S2. The van der Waals surface area contributed by atoms with E-state index in [9.17, 15) is 4.79 Å². The molecule has 22 heavy (non-hydrogen) atoms. The molecule has 0 aliphatic rings. The zero-order valence-corrected chi connectivity index (χ0v) is 13.9. The molecule has 1 heterocycles. The normalized spacial score (nSPS) is 10.2. The SMILES string of the molecule is Cc1ccc(C(=O)NC(=S)NCCSCc2ccco2)cc1. The van der Waals surface area contributed by atoms with Gasteiger partial charge in [0.15, 0.2) is 5.11 Å². The molecule has 2 rings (SSSR count). The first-order valence-corrected chi connectivity index (χ1v) is 8.47. The van der Waals surface area contributed by atoms with E-state index in [0.29, 0.717) is 17.2 Å². The summed E-state index contributed by atoms with van der Waals surface area (Å²) >= 11 is 6.86. The summed E-state index contributed by atoms with van der Waals surface area (Å²) in [5, 5.41) is 6.05. The van der Waals surface area contributed by atoms with Crippen LogP contribution in [0.4, 0.5) is 0 Å². The number of thiocarbonyl (C=S) groups is 1. The van der Waals surface area contributed by atoms with Crippen molar-refractivity contribution < 1.29 is 9.21 Å². The maximum Gasteiger partial charge on any atom is 0.257 e. The van der Waals surface area contributed by atoms with Gasteiger partial charge in [-0.25, -0.2) is 0 Å². The molecule has 2 N–H and O–H groups in total. The fourth-order valence-corrected chi connectivity index (χ4v) is 2.68. The van der Waals surface area contributed by atoms with Gasteiger partial charge < -0.3 is 9.73 Å². The Balaban J connectivity index is 1.63. The van der Waals surface area contributed by atoms with E-state index in [2.05, 4.69) is 10.6 Å². The maximum absolute atomic E-state index is 12.0. The Morgan fingerprint density at radius 2 is 2.05 bits per heavy atom. The average Bonchev–Trinajstić information content (AvgIpc) is 3.00. The molecule has 1 amide bonds. The van der Waals surface area contributed by atoms with E-state index in [4.69, 9.17) is 16.6 Å². The van der Waals surface area contributed by atoms with E-state index in [1.165, 1.54) is 0 Å². The maximum atomic E-state index is 12.0. The van der Waals surface area contributed by atoms with Crippen LogP contribution in [-0.4, -0.2) is 23.3 Å². The highest BCUT2D eigenvalue weighted by Gasteiger charge is 2.06. The third-order valence-corrected chi connectivity index (χ3v) is 4.13. The second-order valence-corrected chi connectivity index (χ2v) is 6.22. The summed E-state index contributed by atoms with van der Waals surface area (Å²) in [6.45, 7) is 2.67. The van der Waals surface area contributed by atoms with Gasteiger partial charge in [0, 0.05) is 17.9 Å². The van der Waals surface area contributed by atoms with Gasteiger partial charge in [0.05, 0.1) is 12.0 Å². The monoisotopic (exact) mass is 334 g/mol. The highest BCUT2D eigenvalue weighted by Crippen LogP contribution is 2.11. The lowest BCUT2D eigenvalue weighted by Gasteiger charge is -2.09. The molecule has 1 aromatic heterocycles. The number of furan rings is 1. The van der Waals surface area contributed by atoms with Gasteiger partial charge in [0.2, 0.25) is 0 Å². The van der Waals surface area contributed by atoms with Crippen molar-refractivity contribution in [2.75, 3.05) is 12.3 Å². The van der Waals surface area contributed by atoms with Gasteiger partial charge in [-0.1, -0.05) is 17.7 Å². The number of thioether (sulfide) groups is 1. The van der Waals surface area contributed by atoms with Crippen LogP contribution in [0.25, 0.3) is 0 Å². The summed E-state index contributed by atoms with van der Waals surface area (Å²) in [6.07, 6.45) is 1.67. The Kier molecular flexibility index (Phi) is 6.48. The zero-order chi connectivity index (χ0) is 15.8. The number of amides is 1. The zero-order valence-electron chi connectivity index (χ0n) is 12.3. The molecule has 6 heteroatoms. The Morgan fingerprint density at radius 3 is 2.73 bits per heavy atom. The van der Waals surface area contributed by atoms with Crippen molar-refractivity contribution in [2.45, 2.75) is 12.7 Å². The number of rotatable bonds is 6. The van der Waals surface area contributed by atoms with E-state index in [1.54, 1.807) is 30.2 Å². The lowest BCUT2D eigenvalue weighted by atomic mass is 10.1. The van der Waals surface area contributed by atoms with Crippen molar-refractivity contribution in [1.82, 2.24) is 10.6 Å². The van der Waals surface area contributed by atoms with E-state index in [0.717, 1.165) is 22.8 Å². The molecule has 0 unspecified atom stereocenters. The van der Waals surface area contributed by atoms with E-state index in [1.807, 2.05) is 31.2 Å². The minimum atomic E-state index is -0.194. The number of hydrogen-bond donors (Lipinski definition) is 2. The van der Waals surface area contributed by atoms with Crippen molar-refractivity contribution >= 4 is 35.0 Å². The summed E-state index contributed by atoms with van der Waals surface area (Å²) < 4.78 is 5.25. The first-order valence-electron chi connectivity index (χ1n) is 6.91. The molecule has 0 aliphatic carbocycles. The van der Waals surface area contributed by atoms with Gasteiger partial charge >= 0.3 is 0 Å². The Labute approximate surface area is 139 Å². The van der Waals surface area contributed by atoms with E-state index < -0.39 is 0 Å². The van der Waals surface area contributed by atoms with Crippen LogP contribution in [0, 0.1) is 6.92 Å². The van der Waals surface area contributed by atoms with E-state index in [-0.39, 0.29) is 5.91 Å². The lowest BCUT2D eigenvalue weighted by molar-refractivity contribution is 0.0976. The van der Waals surface area contributed by atoms with Crippen LogP contribution in [0.15, 0.2) is 47.1 Å². The summed E-state index contributed by atoms with van der Waals surface area (Å²) in [5.41, 5.74) is 1.72. The van der Waals surface area contributed by atoms with Crippen molar-refractivity contribution in [3.8, 4) is 0 Å². The predicted octanol–water partition coefficient (Wildman–Crippen LogP) is 3.13. The smallest absolute Gasteiger partial charge is 0.257 e. The molecule has 0 atom stereocenters. The van der Waals surface area contributed by atoms with Crippen LogP contribution in [0.5, 0.6) is 0 Å². The van der Waals surface area contributed by atoms with Gasteiger partial charge in [0.1, 0.15) is 5.76 Å². The van der Waals surface area contributed by atoms with Crippen molar-refractivity contribution in [2.24, 2.45) is 0 Å². The summed E-state index contributed by atoms with van der Waals surface area (Å²) in [4.78, 5) is 12.0. The highest BCUT2D eigenvalue weighted by molar-refractivity contribution is 7.98. The second kappa shape index (κ2) is 8.60. The van der Waals surface area contributed by atoms with Crippen molar-refractivity contribution in [1.29, 1.82) is 0 Å². The molecule has 0 spiro atoms. The first kappa shape index (κ1) is 16.6. The first-order chi connectivity index (χ1) is 10.6. The van der Waals surface area contributed by atoms with Gasteiger partial charge in [-0.05, 0) is 43.4 Å². The molecule has 4 nitrogen and oxygen atoms in total. The second-order valence-electron chi connectivity index (χ2n) is 4.71. The third kappa shape index (κ3) is 5.54. The number of carbonyl (C=O) groups excluding carboxylic acids is 1. The van der Waals surface area contributed by atoms with Crippen LogP contribution in [-0.2, 0) is 5.75 Å². The Bertz CT molecular complexity index is 610. The largest absolute Gasteiger partial charge is 0.468 e. The van der Waals surface area contributed by atoms with Crippen molar-refractivity contribution in [3.63, 3.8) is 0 Å². The quantitative estimate of drug-likeness (QED) is 0.628. The molecule has 0 aliphatic heterocycles. The van der Waals surface area contributed by atoms with Crippen LogP contribution >= 0.6 is 24.0 Å². The summed E-state index contributed by atoms with van der Waals surface area (Å²) in [6, 6.07) is 11.2. The average molecular weight is 334 g/mol. The Hall–Kier alpha value is -1.79. The lowest BCUT2D eigenvalue weighted by Crippen LogP contribution is -2.40. The van der Waals surface area contributed by atoms with Crippen molar-refractivity contribution in [3.05, 3.63) is 59.5 Å². The van der Waals surface area contributed by atoms with Crippen LogP contribution in [0.3, 0.4) is 0 Å². The third-order valence-electron chi connectivity index (χ3n) is 2.90. The predicted molar refractivity (Wildman–Crippen MR) is 94.1 cm³/mol. The number of hydrogen-bond acceptors (Lipinski definition) is 4. The van der Waals surface area contributed by atoms with Gasteiger partial charge in [-0.2, -0.15) is 11.8 Å². The number of nitrogens with one attached hydrogen (secondary N) is 2. The highest BCUT2D eigenvalue weighted by atomic mass is 32.2. The number of benzene rings is 1. The van der Waals surface area contributed by atoms with Crippen LogP contribution in [0.2, 0.25) is 0 Å². The molecule has 0 saturated heterocycles. The fraction of sp³-hybridized carbons (Fsp3) is 0.250. The molecular weight excluding hydrogens is 316 g/mol. The molecule has 0 fully saturated rings. The van der Waals surface area contributed by atoms with Gasteiger partial charge in [-0.15, -0.1) is 0 Å². The number of aryl methyl sites for hydroxylation is 1. The summed E-state index contributed by atoms with van der Waals surface area (Å²) in [5.74, 6) is 2.47. The molecule has 116 valence electrons. The van der Waals surface area contributed by atoms with Crippen LogP contribution < -0.4 is 10.6 Å². The minimum absolute atomic E-state index is 0.194. The summed E-state index contributed by atoms with van der Waals surface area (Å²) in [7, 11) is 0. The fourth-order valence-electron chi connectivity index (χ4n) is 1.73. The standard InChI is InChI=1S/C16H18N2O2S2/c1-12-4-6-13(7-5-12)15(19)18-16(21)17-8-10-22-11-14-3-2-9-20-14/h2-7,9H,8,10-11H2,1H3,(H2,17,18,19,21). The minimum Gasteiger partial charge on any atom is -0.468 e. The topological polar surface area (TPSA) is 54.3 Å². The van der Waals surface area contributed by atoms with Crippen LogP contribution in [0.1, 0.15) is 21.7 Å². The molecule has 1 aromatic carbocycles. The molecule has 0 radical (unpaired) electrons. The molecule has 0 bridgehead atoms.